The lowest BCUT2D eigenvalue weighted by Gasteiger charge is -1.81. The molecule has 0 aromatic carbocycles. The molecular weight excluding hydrogens is 126 g/mol. The van der Waals surface area contributed by atoms with Crippen LogP contribution in [0.1, 0.15) is 0 Å². The fourth-order valence-corrected chi connectivity index (χ4v) is 0.349. The molecule has 0 unspecified atom stereocenters. The zero-order valence-electron chi connectivity index (χ0n) is 5.13. The summed E-state index contributed by atoms with van der Waals surface area (Å²) >= 11 is 0. The summed E-state index contributed by atoms with van der Waals surface area (Å²) in [6, 6.07) is 4.83. The molecule has 0 radical (unpaired) electrons. The Morgan fingerprint density at radius 3 is 1.70 bits per heavy atom. The number of hydrogen-bond acceptors (Lipinski definition) is 3. The first-order valence-electron chi connectivity index (χ1n) is 2.37. The monoisotopic (exact) mass is 129 g/mol. The molecule has 0 saturated carbocycles. The molecule has 3 nitrogen and oxygen atoms in total. The van der Waals surface area contributed by atoms with Crippen LogP contribution < -0.4 is 0 Å². The highest BCUT2D eigenvalue weighted by atomic mass is 14.3. The standard InChI is InChI=1S/C7H3N3/c1-2-6(3-8)7(4-9)5-10/h2H,1H2. The van der Waals surface area contributed by atoms with Crippen LogP contribution in [0.25, 0.3) is 0 Å². The van der Waals surface area contributed by atoms with Gasteiger partial charge >= 0.3 is 0 Å². The Bertz CT molecular complexity index is 274. The minimum absolute atomic E-state index is 0.0185. The van der Waals surface area contributed by atoms with E-state index in [1.54, 1.807) is 18.2 Å². The zero-order valence-corrected chi connectivity index (χ0v) is 5.13. The molecular formula is C7H3N3. The summed E-state index contributed by atoms with van der Waals surface area (Å²) in [4.78, 5) is 0. The fraction of sp³-hybridized carbons (Fsp3) is 0. The van der Waals surface area contributed by atoms with Crippen LogP contribution in [-0.2, 0) is 0 Å². The first kappa shape index (κ1) is 7.95. The fourth-order valence-electron chi connectivity index (χ4n) is 0.349. The first-order valence-corrected chi connectivity index (χ1v) is 2.37. The van der Waals surface area contributed by atoms with E-state index in [1.807, 2.05) is 0 Å². The predicted molar refractivity (Wildman–Crippen MR) is 34.1 cm³/mol. The minimum Gasteiger partial charge on any atom is -0.192 e. The molecule has 0 heterocycles. The summed E-state index contributed by atoms with van der Waals surface area (Å²) in [5.74, 6) is 0. The molecule has 0 aromatic rings. The summed E-state index contributed by atoms with van der Waals surface area (Å²) in [7, 11) is 0. The second-order valence-electron chi connectivity index (χ2n) is 1.33. The molecule has 0 amide bonds. The van der Waals surface area contributed by atoms with Gasteiger partial charge in [-0.1, -0.05) is 6.58 Å². The Kier molecular flexibility index (Phi) is 3.09. The van der Waals surface area contributed by atoms with Crippen LogP contribution in [0.2, 0.25) is 0 Å². The Morgan fingerprint density at radius 1 is 1.10 bits per heavy atom. The number of nitrogens with zero attached hydrogens (tertiary/aromatic N) is 3. The van der Waals surface area contributed by atoms with Gasteiger partial charge in [-0.2, -0.15) is 15.8 Å². The maximum Gasteiger partial charge on any atom is 0.147 e. The maximum atomic E-state index is 8.28. The highest BCUT2D eigenvalue weighted by Gasteiger charge is 1.98. The van der Waals surface area contributed by atoms with E-state index in [-0.39, 0.29) is 11.1 Å². The Balaban J connectivity index is 5.05. The van der Waals surface area contributed by atoms with E-state index in [1.165, 1.54) is 6.08 Å². The van der Waals surface area contributed by atoms with Crippen LogP contribution in [0.3, 0.4) is 0 Å². The van der Waals surface area contributed by atoms with Crippen molar-refractivity contribution in [3.63, 3.8) is 0 Å². The Morgan fingerprint density at radius 2 is 1.60 bits per heavy atom. The zero-order chi connectivity index (χ0) is 7.98. The van der Waals surface area contributed by atoms with Gasteiger partial charge in [-0.05, 0) is 6.08 Å². The van der Waals surface area contributed by atoms with Crippen molar-refractivity contribution < 1.29 is 0 Å². The van der Waals surface area contributed by atoms with Crippen LogP contribution in [0, 0.1) is 34.0 Å². The number of rotatable bonds is 1. The van der Waals surface area contributed by atoms with Gasteiger partial charge in [0, 0.05) is 0 Å². The predicted octanol–water partition coefficient (Wildman–Crippen LogP) is 1.04. The van der Waals surface area contributed by atoms with Gasteiger partial charge in [-0.15, -0.1) is 0 Å². The van der Waals surface area contributed by atoms with Gasteiger partial charge in [0.05, 0.1) is 5.57 Å². The maximum absolute atomic E-state index is 8.28. The van der Waals surface area contributed by atoms with Gasteiger partial charge in [-0.3, -0.25) is 0 Å². The van der Waals surface area contributed by atoms with Crippen molar-refractivity contribution in [3.8, 4) is 18.2 Å². The smallest absolute Gasteiger partial charge is 0.147 e. The second kappa shape index (κ2) is 3.89. The SMILES string of the molecule is C=CC(C#N)=C(C#N)C#N. The molecule has 0 N–H and O–H groups in total. The van der Waals surface area contributed by atoms with Crippen LogP contribution in [0.15, 0.2) is 23.8 Å². The van der Waals surface area contributed by atoms with Crippen molar-refractivity contribution >= 4 is 0 Å². The van der Waals surface area contributed by atoms with Crippen LogP contribution in [0.5, 0.6) is 0 Å². The van der Waals surface area contributed by atoms with E-state index in [9.17, 15) is 0 Å². The molecule has 0 fully saturated rings. The average Bonchev–Trinajstić information content (AvgIpc) is 2.00. The lowest BCUT2D eigenvalue weighted by atomic mass is 10.1. The van der Waals surface area contributed by atoms with Crippen molar-refractivity contribution in [3.05, 3.63) is 23.8 Å². The van der Waals surface area contributed by atoms with Crippen molar-refractivity contribution in [2.75, 3.05) is 0 Å². The largest absolute Gasteiger partial charge is 0.192 e. The summed E-state index contributed by atoms with van der Waals surface area (Å²) in [6.07, 6.45) is 1.18. The molecule has 0 aliphatic rings. The topological polar surface area (TPSA) is 71.4 Å². The Hall–Kier alpha value is -2.05. The van der Waals surface area contributed by atoms with Gasteiger partial charge in [0.15, 0.2) is 0 Å². The van der Waals surface area contributed by atoms with E-state index in [2.05, 4.69) is 6.58 Å². The summed E-state index contributed by atoms with van der Waals surface area (Å²) in [5.41, 5.74) is -0.178. The van der Waals surface area contributed by atoms with Gasteiger partial charge in [-0.25, -0.2) is 0 Å². The Labute approximate surface area is 58.7 Å². The van der Waals surface area contributed by atoms with Crippen LogP contribution >= 0.6 is 0 Å². The third-order valence-corrected chi connectivity index (χ3v) is 0.818. The summed E-state index contributed by atoms with van der Waals surface area (Å²) in [6.45, 7) is 3.27. The molecule has 0 saturated heterocycles. The minimum atomic E-state index is -0.197. The molecule has 10 heavy (non-hydrogen) atoms. The average molecular weight is 129 g/mol. The lowest BCUT2D eigenvalue weighted by Crippen LogP contribution is -1.78. The van der Waals surface area contributed by atoms with Crippen LogP contribution in [0.4, 0.5) is 0 Å². The van der Waals surface area contributed by atoms with E-state index < -0.39 is 0 Å². The highest BCUT2D eigenvalue weighted by Crippen LogP contribution is 2.00. The molecule has 0 aliphatic carbocycles. The summed E-state index contributed by atoms with van der Waals surface area (Å²) < 4.78 is 0. The molecule has 3 heteroatoms. The van der Waals surface area contributed by atoms with E-state index in [4.69, 9.17) is 15.8 Å². The normalized spacial score (nSPS) is 6.10. The summed E-state index contributed by atoms with van der Waals surface area (Å²) in [5, 5.41) is 24.7. The molecule has 0 aliphatic heterocycles. The quantitative estimate of drug-likeness (QED) is 0.392. The van der Waals surface area contributed by atoms with E-state index in [0.717, 1.165) is 0 Å². The third-order valence-electron chi connectivity index (χ3n) is 0.818. The number of allylic oxidation sites excluding steroid dienone is 3. The first-order chi connectivity index (χ1) is 4.79. The molecule has 46 valence electrons. The number of hydrogen-bond donors (Lipinski definition) is 0. The molecule has 0 aromatic heterocycles. The van der Waals surface area contributed by atoms with Crippen molar-refractivity contribution in [1.29, 1.82) is 15.8 Å². The van der Waals surface area contributed by atoms with Crippen molar-refractivity contribution in [2.24, 2.45) is 0 Å². The third kappa shape index (κ3) is 1.47. The molecule has 0 spiro atoms. The van der Waals surface area contributed by atoms with Crippen LogP contribution in [-0.4, -0.2) is 0 Å². The number of nitriles is 3. The molecule has 0 atom stereocenters. The van der Waals surface area contributed by atoms with Gasteiger partial charge < -0.3 is 0 Å². The van der Waals surface area contributed by atoms with Gasteiger partial charge in [0.25, 0.3) is 0 Å². The lowest BCUT2D eigenvalue weighted by molar-refractivity contribution is 1.42. The van der Waals surface area contributed by atoms with Gasteiger partial charge in [0.2, 0.25) is 0 Å². The molecule has 0 bridgehead atoms. The van der Waals surface area contributed by atoms with E-state index in [0.29, 0.717) is 0 Å². The highest BCUT2D eigenvalue weighted by molar-refractivity contribution is 5.50. The molecule has 0 rings (SSSR count). The van der Waals surface area contributed by atoms with Crippen molar-refractivity contribution in [1.82, 2.24) is 0 Å². The van der Waals surface area contributed by atoms with E-state index >= 15 is 0 Å². The second-order valence-corrected chi connectivity index (χ2v) is 1.33. The van der Waals surface area contributed by atoms with Crippen molar-refractivity contribution in [2.45, 2.75) is 0 Å². The van der Waals surface area contributed by atoms with Gasteiger partial charge in [0.1, 0.15) is 23.8 Å².